The van der Waals surface area contributed by atoms with E-state index < -0.39 is 23.5 Å². The summed E-state index contributed by atoms with van der Waals surface area (Å²) in [5.74, 6) is 0. The predicted octanol–water partition coefficient (Wildman–Crippen LogP) is 4.85. The summed E-state index contributed by atoms with van der Waals surface area (Å²) < 4.78 is 77.2. The molecular formula is C15H12F6N2. The fraction of sp³-hybridized carbons (Fsp3) is 0.267. The number of rotatable bonds is 2. The van der Waals surface area contributed by atoms with Gasteiger partial charge in [0.25, 0.3) is 0 Å². The summed E-state index contributed by atoms with van der Waals surface area (Å²) in [5.41, 5.74) is -2.32. The normalized spacial score (nSPS) is 12.3. The summed E-state index contributed by atoms with van der Waals surface area (Å²) in [6, 6.07) is 4.45. The fourth-order valence-electron chi connectivity index (χ4n) is 1.96. The van der Waals surface area contributed by atoms with Crippen molar-refractivity contribution in [3.63, 3.8) is 0 Å². The Morgan fingerprint density at radius 1 is 0.826 bits per heavy atom. The van der Waals surface area contributed by atoms with E-state index in [0.29, 0.717) is 17.8 Å². The molecular weight excluding hydrogens is 322 g/mol. The van der Waals surface area contributed by atoms with Crippen molar-refractivity contribution in [2.75, 3.05) is 19.0 Å². The highest BCUT2D eigenvalue weighted by Crippen LogP contribution is 2.38. The highest BCUT2D eigenvalue weighted by Gasteiger charge is 2.37. The number of alkyl halides is 6. The van der Waals surface area contributed by atoms with Gasteiger partial charge in [0.1, 0.15) is 0 Å². The third kappa shape index (κ3) is 3.94. The van der Waals surface area contributed by atoms with Gasteiger partial charge in [-0.1, -0.05) is 0 Å². The summed E-state index contributed by atoms with van der Waals surface area (Å²) in [7, 11) is 3.40. The van der Waals surface area contributed by atoms with E-state index >= 15 is 0 Å². The molecule has 8 heteroatoms. The summed E-state index contributed by atoms with van der Waals surface area (Å²) in [4.78, 5) is 5.55. The van der Waals surface area contributed by atoms with Gasteiger partial charge in [0.15, 0.2) is 0 Å². The van der Waals surface area contributed by atoms with E-state index in [0.717, 1.165) is 0 Å². The van der Waals surface area contributed by atoms with Gasteiger partial charge in [-0.3, -0.25) is 4.98 Å². The number of anilines is 1. The highest BCUT2D eigenvalue weighted by atomic mass is 19.4. The van der Waals surface area contributed by atoms with E-state index in [1.54, 1.807) is 25.1 Å². The Bertz CT molecular complexity index is 672. The molecule has 0 aliphatic rings. The van der Waals surface area contributed by atoms with E-state index in [1.807, 2.05) is 0 Å². The average molecular weight is 334 g/mol. The topological polar surface area (TPSA) is 16.1 Å². The lowest BCUT2D eigenvalue weighted by molar-refractivity contribution is -0.143. The zero-order valence-corrected chi connectivity index (χ0v) is 12.1. The average Bonchev–Trinajstić information content (AvgIpc) is 2.45. The third-order valence-electron chi connectivity index (χ3n) is 3.14. The second kappa shape index (κ2) is 5.75. The largest absolute Gasteiger partial charge is 0.416 e. The maximum absolute atomic E-state index is 12.9. The molecule has 1 aromatic heterocycles. The van der Waals surface area contributed by atoms with Crippen molar-refractivity contribution in [3.8, 4) is 11.3 Å². The van der Waals surface area contributed by atoms with Crippen LogP contribution in [0, 0.1) is 0 Å². The Morgan fingerprint density at radius 3 is 1.78 bits per heavy atom. The van der Waals surface area contributed by atoms with Gasteiger partial charge in [0.2, 0.25) is 0 Å². The van der Waals surface area contributed by atoms with Gasteiger partial charge in [0.05, 0.1) is 16.8 Å². The monoisotopic (exact) mass is 334 g/mol. The second-order valence-corrected chi connectivity index (χ2v) is 5.09. The maximum Gasteiger partial charge on any atom is 0.416 e. The molecule has 0 aliphatic carbocycles. The van der Waals surface area contributed by atoms with Gasteiger partial charge in [0, 0.05) is 31.5 Å². The summed E-state index contributed by atoms with van der Waals surface area (Å²) >= 11 is 0. The van der Waals surface area contributed by atoms with Gasteiger partial charge in [-0.05, 0) is 30.3 Å². The van der Waals surface area contributed by atoms with Gasteiger partial charge in [-0.15, -0.1) is 0 Å². The van der Waals surface area contributed by atoms with Gasteiger partial charge < -0.3 is 4.90 Å². The van der Waals surface area contributed by atoms with Crippen LogP contribution >= 0.6 is 0 Å². The lowest BCUT2D eigenvalue weighted by atomic mass is 10.0. The zero-order valence-electron chi connectivity index (χ0n) is 12.1. The third-order valence-corrected chi connectivity index (χ3v) is 3.14. The van der Waals surface area contributed by atoms with Crippen LogP contribution in [0.15, 0.2) is 36.5 Å². The smallest absolute Gasteiger partial charge is 0.378 e. The molecule has 1 aromatic carbocycles. The van der Waals surface area contributed by atoms with Crippen LogP contribution in [-0.2, 0) is 12.4 Å². The minimum Gasteiger partial charge on any atom is -0.378 e. The molecule has 0 atom stereocenters. The van der Waals surface area contributed by atoms with Crippen molar-refractivity contribution in [2.24, 2.45) is 0 Å². The molecule has 0 unspecified atom stereocenters. The van der Waals surface area contributed by atoms with E-state index in [4.69, 9.17) is 0 Å². The van der Waals surface area contributed by atoms with Crippen molar-refractivity contribution in [3.05, 3.63) is 47.7 Å². The quantitative estimate of drug-likeness (QED) is 0.730. The predicted molar refractivity (Wildman–Crippen MR) is 74.0 cm³/mol. The molecule has 0 aliphatic heterocycles. The summed E-state index contributed by atoms with van der Waals surface area (Å²) in [5, 5.41) is 0. The van der Waals surface area contributed by atoms with Crippen LogP contribution in [-0.4, -0.2) is 19.1 Å². The highest BCUT2D eigenvalue weighted by molar-refractivity contribution is 5.66. The Kier molecular flexibility index (Phi) is 4.28. The first-order chi connectivity index (χ1) is 10.5. The Balaban J connectivity index is 2.64. The number of halogens is 6. The molecule has 124 valence electrons. The van der Waals surface area contributed by atoms with Crippen molar-refractivity contribution >= 4 is 5.69 Å². The van der Waals surface area contributed by atoms with E-state index in [9.17, 15) is 26.3 Å². The van der Waals surface area contributed by atoms with Crippen LogP contribution in [0.2, 0.25) is 0 Å². The molecule has 1 heterocycles. The molecule has 0 bridgehead atoms. The molecule has 0 radical (unpaired) electrons. The van der Waals surface area contributed by atoms with Crippen LogP contribution < -0.4 is 4.90 Å². The van der Waals surface area contributed by atoms with Crippen LogP contribution in [0.3, 0.4) is 0 Å². The van der Waals surface area contributed by atoms with E-state index in [-0.39, 0.29) is 17.3 Å². The Hall–Kier alpha value is -2.25. The molecule has 0 amide bonds. The lowest BCUT2D eigenvalue weighted by Gasteiger charge is -2.16. The van der Waals surface area contributed by atoms with Crippen LogP contribution in [0.1, 0.15) is 11.1 Å². The number of hydrogen-bond donors (Lipinski definition) is 0. The number of pyridine rings is 1. The first-order valence-corrected chi connectivity index (χ1v) is 6.42. The number of hydrogen-bond acceptors (Lipinski definition) is 2. The van der Waals surface area contributed by atoms with Gasteiger partial charge in [-0.25, -0.2) is 0 Å². The van der Waals surface area contributed by atoms with Crippen molar-refractivity contribution in [2.45, 2.75) is 12.4 Å². The summed E-state index contributed by atoms with van der Waals surface area (Å²) in [6.45, 7) is 0. The molecule has 2 aromatic rings. The zero-order chi connectivity index (χ0) is 17.4. The fourth-order valence-corrected chi connectivity index (χ4v) is 1.96. The van der Waals surface area contributed by atoms with Crippen molar-refractivity contribution in [1.82, 2.24) is 4.98 Å². The minimum atomic E-state index is -4.88. The molecule has 0 spiro atoms. The first kappa shape index (κ1) is 17.1. The number of aromatic nitrogens is 1. The van der Waals surface area contributed by atoms with Crippen molar-refractivity contribution in [1.29, 1.82) is 0 Å². The standard InChI is InChI=1S/C15H12F6N2/c1-23(2)12-3-4-22-13(8-12)9-5-10(14(16,17)18)7-11(6-9)15(19,20)21/h3-8H,1-2H3. The molecule has 0 fully saturated rings. The maximum atomic E-state index is 12.9. The van der Waals surface area contributed by atoms with Gasteiger partial charge in [-0.2, -0.15) is 26.3 Å². The molecule has 0 saturated carbocycles. The van der Waals surface area contributed by atoms with E-state index in [1.165, 1.54) is 12.3 Å². The molecule has 2 nitrogen and oxygen atoms in total. The molecule has 23 heavy (non-hydrogen) atoms. The Morgan fingerprint density at radius 2 is 1.35 bits per heavy atom. The van der Waals surface area contributed by atoms with Crippen LogP contribution in [0.4, 0.5) is 32.0 Å². The number of nitrogens with zero attached hydrogens (tertiary/aromatic N) is 2. The van der Waals surface area contributed by atoms with Gasteiger partial charge >= 0.3 is 12.4 Å². The summed E-state index contributed by atoms with van der Waals surface area (Å²) in [6.07, 6.45) is -8.43. The van der Waals surface area contributed by atoms with Crippen LogP contribution in [0.25, 0.3) is 11.3 Å². The second-order valence-electron chi connectivity index (χ2n) is 5.09. The lowest BCUT2D eigenvalue weighted by Crippen LogP contribution is -2.11. The van der Waals surface area contributed by atoms with Crippen LogP contribution in [0.5, 0.6) is 0 Å². The minimum absolute atomic E-state index is 0.0350. The van der Waals surface area contributed by atoms with Crippen molar-refractivity contribution < 1.29 is 26.3 Å². The first-order valence-electron chi connectivity index (χ1n) is 6.42. The SMILES string of the molecule is CN(C)c1ccnc(-c2cc(C(F)(F)F)cc(C(F)(F)F)c2)c1. The molecule has 0 saturated heterocycles. The molecule has 0 N–H and O–H groups in total. The van der Waals surface area contributed by atoms with E-state index in [2.05, 4.69) is 4.98 Å². The molecule has 2 rings (SSSR count). The number of benzene rings is 1. The Labute approximate surface area is 128 Å².